The molecule has 1 unspecified atom stereocenters. The monoisotopic (exact) mass is 441 g/mol. The van der Waals surface area contributed by atoms with Gasteiger partial charge in [-0.05, 0) is 18.6 Å². The van der Waals surface area contributed by atoms with E-state index >= 15 is 0 Å². The van der Waals surface area contributed by atoms with Crippen LogP contribution < -0.4 is 4.90 Å². The number of anilines is 1. The fourth-order valence-electron chi connectivity index (χ4n) is 3.25. The highest BCUT2D eigenvalue weighted by Gasteiger charge is 2.50. The van der Waals surface area contributed by atoms with E-state index < -0.39 is 42.2 Å². The number of pyridine rings is 1. The first-order valence-electron chi connectivity index (χ1n) is 8.99. The Bertz CT molecular complexity index is 981. The Morgan fingerprint density at radius 2 is 1.90 bits per heavy atom. The summed E-state index contributed by atoms with van der Waals surface area (Å²) in [7, 11) is 0. The number of aliphatic hydroxyl groups excluding tert-OH is 1. The number of aliphatic hydroxyl groups is 1. The molecule has 10 heteroatoms. The molecule has 1 N–H and O–H groups in total. The number of halogens is 4. The molecule has 6 nitrogen and oxygen atoms in total. The smallest absolute Gasteiger partial charge is 0.270 e. The van der Waals surface area contributed by atoms with Crippen molar-refractivity contribution in [3.8, 4) is 0 Å². The van der Waals surface area contributed by atoms with Gasteiger partial charge in [-0.2, -0.15) is 0 Å². The number of carbonyl (C=O) groups is 2. The molecule has 1 aliphatic heterocycles. The third-order valence-corrected chi connectivity index (χ3v) is 5.26. The highest BCUT2D eigenvalue weighted by molar-refractivity contribution is 6.30. The molecule has 2 heterocycles. The second-order valence-electron chi connectivity index (χ2n) is 7.35. The minimum Gasteiger partial charge on any atom is -0.393 e. The van der Waals surface area contributed by atoms with E-state index in [0.717, 1.165) is 29.0 Å². The van der Waals surface area contributed by atoms with Crippen LogP contribution in [0.3, 0.4) is 0 Å². The van der Waals surface area contributed by atoms with Crippen LogP contribution in [0.25, 0.3) is 0 Å². The number of carbonyl (C=O) groups excluding carboxylic acids is 2. The summed E-state index contributed by atoms with van der Waals surface area (Å²) in [4.78, 5) is 31.7. The fraction of sp³-hybridized carbons (Fsp3) is 0.350. The molecule has 1 aliphatic rings. The lowest BCUT2D eigenvalue weighted by molar-refractivity contribution is -0.153. The SMILES string of the molecule is CC(F)(F)c1ccc(CN2C(=O)CN(c3ncc(Cl)cc3F)C(=O)C2(C)CO)cc1. The van der Waals surface area contributed by atoms with Gasteiger partial charge in [0.25, 0.3) is 11.8 Å². The van der Waals surface area contributed by atoms with Gasteiger partial charge in [-0.3, -0.25) is 14.5 Å². The number of hydrogen-bond donors (Lipinski definition) is 1. The third kappa shape index (κ3) is 3.99. The lowest BCUT2D eigenvalue weighted by atomic mass is 9.94. The van der Waals surface area contributed by atoms with Crippen molar-refractivity contribution in [1.82, 2.24) is 9.88 Å². The largest absolute Gasteiger partial charge is 0.393 e. The maximum Gasteiger partial charge on any atom is 0.270 e. The zero-order chi connectivity index (χ0) is 22.3. The molecule has 0 radical (unpaired) electrons. The van der Waals surface area contributed by atoms with Crippen molar-refractivity contribution in [1.29, 1.82) is 0 Å². The van der Waals surface area contributed by atoms with Gasteiger partial charge in [-0.25, -0.2) is 18.2 Å². The predicted octanol–water partition coefficient (Wildman–Crippen LogP) is 3.11. The molecule has 0 saturated carbocycles. The van der Waals surface area contributed by atoms with Crippen LogP contribution >= 0.6 is 11.6 Å². The zero-order valence-corrected chi connectivity index (χ0v) is 17.0. The van der Waals surface area contributed by atoms with E-state index in [0.29, 0.717) is 5.56 Å². The van der Waals surface area contributed by atoms with Crippen LogP contribution in [0.5, 0.6) is 0 Å². The van der Waals surface area contributed by atoms with Crippen LogP contribution in [0, 0.1) is 5.82 Å². The lowest BCUT2D eigenvalue weighted by Gasteiger charge is -2.46. The second kappa shape index (κ2) is 7.88. The Balaban J connectivity index is 1.90. The average Bonchev–Trinajstić information content (AvgIpc) is 2.68. The molecule has 1 aromatic carbocycles. The van der Waals surface area contributed by atoms with Gasteiger partial charge in [0.05, 0.1) is 11.6 Å². The van der Waals surface area contributed by atoms with Gasteiger partial charge in [0.15, 0.2) is 11.6 Å². The molecular weight excluding hydrogens is 423 g/mol. The molecule has 2 amide bonds. The van der Waals surface area contributed by atoms with Gasteiger partial charge in [-0.1, -0.05) is 35.9 Å². The Labute approximate surface area is 175 Å². The van der Waals surface area contributed by atoms with Crippen molar-refractivity contribution in [3.05, 3.63) is 58.5 Å². The van der Waals surface area contributed by atoms with Gasteiger partial charge in [-0.15, -0.1) is 0 Å². The summed E-state index contributed by atoms with van der Waals surface area (Å²) in [6, 6.07) is 6.29. The summed E-state index contributed by atoms with van der Waals surface area (Å²) in [6.07, 6.45) is 1.14. The van der Waals surface area contributed by atoms with E-state index in [2.05, 4.69) is 4.98 Å². The lowest BCUT2D eigenvalue weighted by Crippen LogP contribution is -2.68. The van der Waals surface area contributed by atoms with Crippen molar-refractivity contribution < 1.29 is 27.9 Å². The van der Waals surface area contributed by atoms with E-state index in [4.69, 9.17) is 11.6 Å². The summed E-state index contributed by atoms with van der Waals surface area (Å²) in [5, 5.41) is 9.97. The number of alkyl halides is 2. The molecule has 1 atom stereocenters. The Morgan fingerprint density at radius 1 is 1.27 bits per heavy atom. The molecule has 160 valence electrons. The van der Waals surface area contributed by atoms with E-state index in [1.807, 2.05) is 0 Å². The summed E-state index contributed by atoms with van der Waals surface area (Å²) in [5.74, 6) is -5.55. The first-order valence-corrected chi connectivity index (χ1v) is 9.37. The number of hydrogen-bond acceptors (Lipinski definition) is 4. The van der Waals surface area contributed by atoms with E-state index in [1.54, 1.807) is 0 Å². The highest BCUT2D eigenvalue weighted by Crippen LogP contribution is 2.31. The molecule has 0 spiro atoms. The van der Waals surface area contributed by atoms with Gasteiger partial charge in [0.1, 0.15) is 12.1 Å². The van der Waals surface area contributed by atoms with Crippen LogP contribution in [-0.2, 0) is 22.1 Å². The minimum atomic E-state index is -3.01. The first kappa shape index (κ1) is 22.0. The molecule has 1 aromatic heterocycles. The molecule has 2 aromatic rings. The Morgan fingerprint density at radius 3 is 2.43 bits per heavy atom. The number of rotatable bonds is 5. The maximum absolute atomic E-state index is 14.3. The highest BCUT2D eigenvalue weighted by atomic mass is 35.5. The number of amides is 2. The summed E-state index contributed by atoms with van der Waals surface area (Å²) < 4.78 is 41.1. The molecule has 30 heavy (non-hydrogen) atoms. The van der Waals surface area contributed by atoms with Crippen molar-refractivity contribution in [2.75, 3.05) is 18.1 Å². The number of benzene rings is 1. The van der Waals surface area contributed by atoms with Crippen LogP contribution in [0.15, 0.2) is 36.5 Å². The summed E-state index contributed by atoms with van der Waals surface area (Å²) in [5.41, 5.74) is -1.39. The van der Waals surface area contributed by atoms with Crippen molar-refractivity contribution in [2.45, 2.75) is 31.9 Å². The normalized spacial score (nSPS) is 20.1. The molecule has 1 fully saturated rings. The van der Waals surface area contributed by atoms with E-state index in [1.165, 1.54) is 31.2 Å². The van der Waals surface area contributed by atoms with Gasteiger partial charge in [0.2, 0.25) is 5.91 Å². The third-order valence-electron chi connectivity index (χ3n) is 5.05. The molecule has 0 bridgehead atoms. The predicted molar refractivity (Wildman–Crippen MR) is 104 cm³/mol. The summed E-state index contributed by atoms with van der Waals surface area (Å²) in [6.45, 7) is 0.805. The number of aromatic nitrogens is 1. The average molecular weight is 442 g/mol. The quantitative estimate of drug-likeness (QED) is 0.773. The standard InChI is InChI=1S/C20H19ClF3N3O3/c1-19(11-28)18(30)26(17-15(22)7-14(21)8-25-17)10-16(29)27(19)9-12-3-5-13(6-4-12)20(2,23)24/h3-8,28H,9-11H2,1-2H3. The van der Waals surface area contributed by atoms with Crippen molar-refractivity contribution in [2.24, 2.45) is 0 Å². The van der Waals surface area contributed by atoms with E-state index in [9.17, 15) is 27.9 Å². The summed E-state index contributed by atoms with van der Waals surface area (Å²) >= 11 is 5.69. The first-order chi connectivity index (χ1) is 14.0. The second-order valence-corrected chi connectivity index (χ2v) is 7.78. The maximum atomic E-state index is 14.3. The zero-order valence-electron chi connectivity index (χ0n) is 16.2. The van der Waals surface area contributed by atoms with Crippen LogP contribution in [0.4, 0.5) is 19.0 Å². The number of piperazine rings is 1. The van der Waals surface area contributed by atoms with Gasteiger partial charge < -0.3 is 10.0 Å². The van der Waals surface area contributed by atoms with Gasteiger partial charge in [0, 0.05) is 25.2 Å². The number of nitrogens with zero attached hydrogens (tertiary/aromatic N) is 3. The van der Waals surface area contributed by atoms with Crippen molar-refractivity contribution in [3.63, 3.8) is 0 Å². The molecule has 0 aliphatic carbocycles. The van der Waals surface area contributed by atoms with Crippen LogP contribution in [0.1, 0.15) is 25.0 Å². The molecular formula is C20H19ClF3N3O3. The van der Waals surface area contributed by atoms with Gasteiger partial charge >= 0.3 is 0 Å². The van der Waals surface area contributed by atoms with Crippen LogP contribution in [-0.4, -0.2) is 45.5 Å². The Hall–Kier alpha value is -2.65. The fourth-order valence-corrected chi connectivity index (χ4v) is 3.40. The minimum absolute atomic E-state index is 0.0275. The van der Waals surface area contributed by atoms with Crippen LogP contribution in [0.2, 0.25) is 5.02 Å². The molecule has 3 rings (SSSR count). The van der Waals surface area contributed by atoms with Crippen molar-refractivity contribution >= 4 is 29.2 Å². The Kier molecular flexibility index (Phi) is 5.79. The van der Waals surface area contributed by atoms with E-state index in [-0.39, 0.29) is 22.9 Å². The topological polar surface area (TPSA) is 73.7 Å². The molecule has 1 saturated heterocycles.